The van der Waals surface area contributed by atoms with Crippen LogP contribution in [-0.4, -0.2) is 23.6 Å². The zero-order valence-corrected chi connectivity index (χ0v) is 14.5. The Labute approximate surface area is 149 Å². The molecule has 3 aromatic rings. The van der Waals surface area contributed by atoms with E-state index in [9.17, 15) is 23.3 Å². The van der Waals surface area contributed by atoms with Crippen LogP contribution >= 0.6 is 0 Å². The standard InChI is InChI=1S/C18H14N2O5S/c1-13-2-8-16(9-3-13)26(24,25)19-11-10-17(18(19)12-21)14-4-6-15(7-5-14)20(22)23/h2-12H,1H3. The molecule has 0 radical (unpaired) electrons. The molecule has 0 spiro atoms. The number of benzene rings is 2. The summed E-state index contributed by atoms with van der Waals surface area (Å²) >= 11 is 0. The van der Waals surface area contributed by atoms with Gasteiger partial charge in [0.2, 0.25) is 0 Å². The molecule has 0 aliphatic carbocycles. The highest BCUT2D eigenvalue weighted by molar-refractivity contribution is 7.90. The highest BCUT2D eigenvalue weighted by Gasteiger charge is 2.22. The van der Waals surface area contributed by atoms with Gasteiger partial charge in [-0.3, -0.25) is 14.9 Å². The highest BCUT2D eigenvalue weighted by atomic mass is 32.2. The fourth-order valence-electron chi connectivity index (χ4n) is 2.58. The second kappa shape index (κ2) is 6.57. The van der Waals surface area contributed by atoms with Crippen molar-refractivity contribution in [3.63, 3.8) is 0 Å². The second-order valence-corrected chi connectivity index (χ2v) is 7.47. The normalized spacial score (nSPS) is 11.3. The van der Waals surface area contributed by atoms with E-state index in [2.05, 4.69) is 0 Å². The first-order chi connectivity index (χ1) is 12.3. The number of aryl methyl sites for hydroxylation is 1. The summed E-state index contributed by atoms with van der Waals surface area (Å²) in [7, 11) is -3.93. The van der Waals surface area contributed by atoms with Crippen LogP contribution in [0.1, 0.15) is 16.1 Å². The third-order valence-corrected chi connectivity index (χ3v) is 5.67. The van der Waals surface area contributed by atoms with Crippen molar-refractivity contribution in [2.24, 2.45) is 0 Å². The first kappa shape index (κ1) is 17.6. The van der Waals surface area contributed by atoms with Gasteiger partial charge in [-0.25, -0.2) is 12.4 Å². The summed E-state index contributed by atoms with van der Waals surface area (Å²) in [6.45, 7) is 1.84. The van der Waals surface area contributed by atoms with Gasteiger partial charge in [-0.2, -0.15) is 0 Å². The van der Waals surface area contributed by atoms with Crippen LogP contribution in [0.2, 0.25) is 0 Å². The van der Waals surface area contributed by atoms with Crippen molar-refractivity contribution in [2.75, 3.05) is 0 Å². The highest BCUT2D eigenvalue weighted by Crippen LogP contribution is 2.28. The molecule has 0 saturated carbocycles. The summed E-state index contributed by atoms with van der Waals surface area (Å²) in [4.78, 5) is 21.9. The van der Waals surface area contributed by atoms with Crippen LogP contribution in [0.5, 0.6) is 0 Å². The topological polar surface area (TPSA) is 99.3 Å². The first-order valence-electron chi connectivity index (χ1n) is 7.58. The summed E-state index contributed by atoms with van der Waals surface area (Å²) in [6, 6.07) is 13.4. The van der Waals surface area contributed by atoms with Gasteiger partial charge in [-0.05, 0) is 42.8 Å². The van der Waals surface area contributed by atoms with Crippen molar-refractivity contribution in [2.45, 2.75) is 11.8 Å². The van der Waals surface area contributed by atoms with Crippen molar-refractivity contribution in [3.8, 4) is 11.1 Å². The maximum atomic E-state index is 12.8. The van der Waals surface area contributed by atoms with E-state index in [0.717, 1.165) is 9.54 Å². The molecule has 0 N–H and O–H groups in total. The lowest BCUT2D eigenvalue weighted by Crippen LogP contribution is -2.15. The quantitative estimate of drug-likeness (QED) is 0.389. The third kappa shape index (κ3) is 3.02. The molecule has 2 aromatic carbocycles. The van der Waals surface area contributed by atoms with Crippen LogP contribution in [0, 0.1) is 17.0 Å². The predicted molar refractivity (Wildman–Crippen MR) is 95.7 cm³/mol. The summed E-state index contributed by atoms with van der Waals surface area (Å²) < 4.78 is 26.6. The van der Waals surface area contributed by atoms with E-state index in [1.165, 1.54) is 48.7 Å². The molecule has 1 aromatic heterocycles. The molecule has 0 atom stereocenters. The molecule has 0 saturated heterocycles. The number of carbonyl (C=O) groups is 1. The Morgan fingerprint density at radius 1 is 1.00 bits per heavy atom. The number of hydrogen-bond donors (Lipinski definition) is 0. The zero-order chi connectivity index (χ0) is 18.9. The summed E-state index contributed by atoms with van der Waals surface area (Å²) in [5.74, 6) is 0. The van der Waals surface area contributed by atoms with Crippen molar-refractivity contribution < 1.29 is 18.1 Å². The Hall–Kier alpha value is -3.26. The average molecular weight is 370 g/mol. The minimum absolute atomic E-state index is 0.0422. The summed E-state index contributed by atoms with van der Waals surface area (Å²) in [5.41, 5.74) is 1.67. The van der Waals surface area contributed by atoms with Crippen LogP contribution in [0.15, 0.2) is 65.7 Å². The average Bonchev–Trinajstić information content (AvgIpc) is 3.07. The van der Waals surface area contributed by atoms with Gasteiger partial charge in [-0.1, -0.05) is 17.7 Å². The molecule has 1 heterocycles. The number of nitro groups is 1. The van der Waals surface area contributed by atoms with Gasteiger partial charge in [0.15, 0.2) is 6.29 Å². The molecule has 0 aliphatic rings. The van der Waals surface area contributed by atoms with E-state index < -0.39 is 14.9 Å². The molecular weight excluding hydrogens is 356 g/mol. The molecule has 0 unspecified atom stereocenters. The smallest absolute Gasteiger partial charge is 0.269 e. The minimum atomic E-state index is -3.93. The van der Waals surface area contributed by atoms with Crippen LogP contribution < -0.4 is 0 Å². The monoisotopic (exact) mass is 370 g/mol. The number of carbonyl (C=O) groups excluding carboxylic acids is 1. The molecule has 132 valence electrons. The maximum Gasteiger partial charge on any atom is 0.269 e. The van der Waals surface area contributed by atoms with Crippen LogP contribution in [0.3, 0.4) is 0 Å². The minimum Gasteiger partial charge on any atom is -0.296 e. The largest absolute Gasteiger partial charge is 0.296 e. The van der Waals surface area contributed by atoms with Crippen molar-refractivity contribution in [1.82, 2.24) is 3.97 Å². The number of hydrogen-bond acceptors (Lipinski definition) is 5. The van der Waals surface area contributed by atoms with Gasteiger partial charge < -0.3 is 0 Å². The molecule has 0 fully saturated rings. The van der Waals surface area contributed by atoms with Gasteiger partial charge in [0.1, 0.15) is 5.69 Å². The van der Waals surface area contributed by atoms with E-state index in [-0.39, 0.29) is 16.3 Å². The van der Waals surface area contributed by atoms with Crippen LogP contribution in [-0.2, 0) is 10.0 Å². The lowest BCUT2D eigenvalue weighted by molar-refractivity contribution is -0.384. The molecule has 0 amide bonds. The Kier molecular flexibility index (Phi) is 4.43. The van der Waals surface area contributed by atoms with Gasteiger partial charge in [0.05, 0.1) is 9.82 Å². The third-order valence-electron chi connectivity index (χ3n) is 3.97. The summed E-state index contributed by atoms with van der Waals surface area (Å²) in [6.07, 6.45) is 1.76. The van der Waals surface area contributed by atoms with Gasteiger partial charge in [0, 0.05) is 23.9 Å². The van der Waals surface area contributed by atoms with E-state index in [1.54, 1.807) is 12.1 Å². The first-order valence-corrected chi connectivity index (χ1v) is 9.02. The predicted octanol–water partition coefficient (Wildman–Crippen LogP) is 3.42. The van der Waals surface area contributed by atoms with E-state index in [4.69, 9.17) is 0 Å². The van der Waals surface area contributed by atoms with E-state index in [0.29, 0.717) is 17.4 Å². The number of non-ortho nitro benzene ring substituents is 1. The van der Waals surface area contributed by atoms with Crippen molar-refractivity contribution in [3.05, 3.63) is 82.2 Å². The van der Waals surface area contributed by atoms with E-state index >= 15 is 0 Å². The Morgan fingerprint density at radius 2 is 1.62 bits per heavy atom. The molecule has 0 aliphatic heterocycles. The Morgan fingerprint density at radius 3 is 2.15 bits per heavy atom. The Balaban J connectivity index is 2.10. The van der Waals surface area contributed by atoms with Gasteiger partial charge in [0.25, 0.3) is 15.7 Å². The molecule has 26 heavy (non-hydrogen) atoms. The maximum absolute atomic E-state index is 12.8. The SMILES string of the molecule is Cc1ccc(S(=O)(=O)n2ccc(-c3ccc([N+](=O)[O-])cc3)c2C=O)cc1. The fraction of sp³-hybridized carbons (Fsp3) is 0.0556. The number of nitrogens with zero attached hydrogens (tertiary/aromatic N) is 2. The molecule has 7 nitrogen and oxygen atoms in total. The van der Waals surface area contributed by atoms with Gasteiger partial charge >= 0.3 is 0 Å². The summed E-state index contributed by atoms with van der Waals surface area (Å²) in [5, 5.41) is 10.8. The fourth-order valence-corrected chi connectivity index (χ4v) is 3.91. The molecule has 8 heteroatoms. The number of nitro benzene ring substituents is 1. The molecular formula is C18H14N2O5S. The second-order valence-electron chi connectivity index (χ2n) is 5.65. The number of rotatable bonds is 5. The lowest BCUT2D eigenvalue weighted by atomic mass is 10.1. The van der Waals surface area contributed by atoms with E-state index in [1.807, 2.05) is 6.92 Å². The molecule has 0 bridgehead atoms. The van der Waals surface area contributed by atoms with Crippen molar-refractivity contribution in [1.29, 1.82) is 0 Å². The number of aromatic nitrogens is 1. The zero-order valence-electron chi connectivity index (χ0n) is 13.7. The van der Waals surface area contributed by atoms with Crippen LogP contribution in [0.4, 0.5) is 5.69 Å². The van der Waals surface area contributed by atoms with Crippen molar-refractivity contribution >= 4 is 22.0 Å². The van der Waals surface area contributed by atoms with Gasteiger partial charge in [-0.15, -0.1) is 0 Å². The number of aldehydes is 1. The molecule has 3 rings (SSSR count). The van der Waals surface area contributed by atoms with Crippen LogP contribution in [0.25, 0.3) is 11.1 Å². The Bertz CT molecular complexity index is 1080. The lowest BCUT2D eigenvalue weighted by Gasteiger charge is -2.09.